The Labute approximate surface area is 118 Å². The number of ether oxygens (including phenoxy) is 1. The van der Waals surface area contributed by atoms with Crippen LogP contribution in [0.15, 0.2) is 18.2 Å². The first-order valence-electron chi connectivity index (χ1n) is 6.01. The zero-order valence-electron chi connectivity index (χ0n) is 11.3. The maximum Gasteiger partial charge on any atom is 0.419 e. The number of carbonyl (C=O) groups is 2. The molecule has 0 aliphatic heterocycles. The number of esters is 1. The van der Waals surface area contributed by atoms with E-state index in [1.165, 1.54) is 6.92 Å². The topological polar surface area (TPSA) is 55.4 Å². The molecular weight excluding hydrogens is 294 g/mol. The summed E-state index contributed by atoms with van der Waals surface area (Å²) in [6, 6.07) is 1.24. The highest BCUT2D eigenvalue weighted by molar-refractivity contribution is 5.97. The Morgan fingerprint density at radius 1 is 1.33 bits per heavy atom. The monoisotopic (exact) mass is 307 g/mol. The first-order valence-corrected chi connectivity index (χ1v) is 6.01. The lowest BCUT2D eigenvalue weighted by atomic mass is 10.1. The average Bonchev–Trinajstić information content (AvgIpc) is 2.37. The van der Waals surface area contributed by atoms with Crippen molar-refractivity contribution in [1.82, 2.24) is 5.32 Å². The Kier molecular flexibility index (Phi) is 5.28. The van der Waals surface area contributed by atoms with Crippen LogP contribution in [0.1, 0.15) is 29.8 Å². The molecule has 1 atom stereocenters. The molecule has 0 bridgehead atoms. The van der Waals surface area contributed by atoms with Gasteiger partial charge in [0.2, 0.25) is 0 Å². The van der Waals surface area contributed by atoms with E-state index in [9.17, 15) is 27.2 Å². The predicted molar refractivity (Wildman–Crippen MR) is 65.0 cm³/mol. The van der Waals surface area contributed by atoms with Gasteiger partial charge < -0.3 is 10.1 Å². The molecule has 0 saturated carbocycles. The van der Waals surface area contributed by atoms with Crippen molar-refractivity contribution in [2.75, 3.05) is 6.61 Å². The first-order chi connectivity index (χ1) is 9.68. The third kappa shape index (κ3) is 4.17. The highest BCUT2D eigenvalue weighted by Gasteiger charge is 2.35. The molecular formula is C13H13F4NO3. The van der Waals surface area contributed by atoms with Gasteiger partial charge in [-0.05, 0) is 26.0 Å². The molecule has 1 aromatic carbocycles. The second kappa shape index (κ2) is 6.55. The highest BCUT2D eigenvalue weighted by atomic mass is 19.4. The van der Waals surface area contributed by atoms with Gasteiger partial charge in [0.15, 0.2) is 0 Å². The van der Waals surface area contributed by atoms with Crippen LogP contribution < -0.4 is 5.32 Å². The Morgan fingerprint density at radius 2 is 1.95 bits per heavy atom. The lowest BCUT2D eigenvalue weighted by molar-refractivity contribution is -0.145. The number of benzene rings is 1. The van der Waals surface area contributed by atoms with E-state index in [0.717, 1.165) is 12.1 Å². The average molecular weight is 307 g/mol. The van der Waals surface area contributed by atoms with E-state index in [4.69, 9.17) is 0 Å². The zero-order valence-corrected chi connectivity index (χ0v) is 11.3. The van der Waals surface area contributed by atoms with Crippen LogP contribution in [0.25, 0.3) is 0 Å². The summed E-state index contributed by atoms with van der Waals surface area (Å²) in [7, 11) is 0. The van der Waals surface area contributed by atoms with E-state index in [0.29, 0.717) is 6.07 Å². The molecule has 1 rings (SSSR count). The Balaban J connectivity index is 2.96. The quantitative estimate of drug-likeness (QED) is 0.687. The van der Waals surface area contributed by atoms with Gasteiger partial charge in [0.25, 0.3) is 5.91 Å². The summed E-state index contributed by atoms with van der Waals surface area (Å²) < 4.78 is 56.0. The molecule has 8 heteroatoms. The number of nitrogens with one attached hydrogen (secondary N) is 1. The summed E-state index contributed by atoms with van der Waals surface area (Å²) in [5, 5.41) is 2.08. The van der Waals surface area contributed by atoms with Crippen LogP contribution in [0.4, 0.5) is 17.6 Å². The largest absolute Gasteiger partial charge is 0.464 e. The van der Waals surface area contributed by atoms with Crippen molar-refractivity contribution in [2.24, 2.45) is 0 Å². The molecule has 0 aromatic heterocycles. The third-order valence-corrected chi connectivity index (χ3v) is 2.54. The molecule has 0 aliphatic rings. The van der Waals surface area contributed by atoms with E-state index in [-0.39, 0.29) is 6.61 Å². The van der Waals surface area contributed by atoms with Crippen LogP contribution in [0.2, 0.25) is 0 Å². The summed E-state index contributed by atoms with van der Waals surface area (Å²) in [6.45, 7) is 2.91. The van der Waals surface area contributed by atoms with Gasteiger partial charge in [0.05, 0.1) is 17.7 Å². The van der Waals surface area contributed by atoms with Crippen molar-refractivity contribution in [3.63, 3.8) is 0 Å². The van der Waals surface area contributed by atoms with Gasteiger partial charge in [-0.15, -0.1) is 0 Å². The second-order valence-corrected chi connectivity index (χ2v) is 4.11. The standard InChI is InChI=1S/C13H13F4NO3/c1-3-21-12(20)7(2)18-11(19)8-5-4-6-9(10(8)14)13(15,16)17/h4-7H,3H2,1-2H3,(H,18,19). The number of hydrogen-bond acceptors (Lipinski definition) is 3. The smallest absolute Gasteiger partial charge is 0.419 e. The highest BCUT2D eigenvalue weighted by Crippen LogP contribution is 2.32. The van der Waals surface area contributed by atoms with Gasteiger partial charge in [-0.3, -0.25) is 4.79 Å². The number of rotatable bonds is 4. The van der Waals surface area contributed by atoms with Gasteiger partial charge in [0, 0.05) is 0 Å². The fraction of sp³-hybridized carbons (Fsp3) is 0.385. The SMILES string of the molecule is CCOC(=O)C(C)NC(=O)c1cccc(C(F)(F)F)c1F. The molecule has 0 saturated heterocycles. The summed E-state index contributed by atoms with van der Waals surface area (Å²) in [4.78, 5) is 23.0. The molecule has 0 heterocycles. The molecule has 1 unspecified atom stereocenters. The van der Waals surface area contributed by atoms with Gasteiger partial charge in [0.1, 0.15) is 11.9 Å². The van der Waals surface area contributed by atoms with Crippen LogP contribution >= 0.6 is 0 Å². The van der Waals surface area contributed by atoms with Gasteiger partial charge in [-0.25, -0.2) is 9.18 Å². The lowest BCUT2D eigenvalue weighted by Gasteiger charge is -2.14. The fourth-order valence-electron chi connectivity index (χ4n) is 1.53. The van der Waals surface area contributed by atoms with Crippen molar-refractivity contribution >= 4 is 11.9 Å². The molecule has 0 radical (unpaired) electrons. The number of alkyl halides is 3. The molecule has 1 amide bonds. The van der Waals surface area contributed by atoms with Crippen LogP contribution in [-0.4, -0.2) is 24.5 Å². The Hall–Kier alpha value is -2.12. The van der Waals surface area contributed by atoms with Crippen molar-refractivity contribution in [3.05, 3.63) is 35.1 Å². The van der Waals surface area contributed by atoms with Gasteiger partial charge in [-0.2, -0.15) is 13.2 Å². The zero-order chi connectivity index (χ0) is 16.2. The predicted octanol–water partition coefficient (Wildman–Crippen LogP) is 2.53. The summed E-state index contributed by atoms with van der Waals surface area (Å²) >= 11 is 0. The molecule has 116 valence electrons. The molecule has 0 spiro atoms. The lowest BCUT2D eigenvalue weighted by Crippen LogP contribution is -2.40. The summed E-state index contributed by atoms with van der Waals surface area (Å²) in [5.41, 5.74) is -2.33. The number of carbonyl (C=O) groups excluding carboxylic acids is 2. The van der Waals surface area contributed by atoms with Crippen molar-refractivity contribution in [1.29, 1.82) is 0 Å². The maximum atomic E-state index is 13.7. The van der Waals surface area contributed by atoms with Gasteiger partial charge in [-0.1, -0.05) is 6.07 Å². The molecule has 21 heavy (non-hydrogen) atoms. The minimum Gasteiger partial charge on any atom is -0.464 e. The van der Waals surface area contributed by atoms with E-state index in [2.05, 4.69) is 10.1 Å². The molecule has 1 N–H and O–H groups in total. The molecule has 1 aromatic rings. The van der Waals surface area contributed by atoms with Crippen LogP contribution in [0.5, 0.6) is 0 Å². The Bertz CT molecular complexity index is 543. The van der Waals surface area contributed by atoms with Crippen LogP contribution in [0, 0.1) is 5.82 Å². The number of halogens is 4. The van der Waals surface area contributed by atoms with E-state index in [1.54, 1.807) is 6.92 Å². The summed E-state index contributed by atoms with van der Waals surface area (Å²) in [6.07, 6.45) is -4.91. The van der Waals surface area contributed by atoms with E-state index >= 15 is 0 Å². The van der Waals surface area contributed by atoms with Gasteiger partial charge >= 0.3 is 12.1 Å². The minimum absolute atomic E-state index is 0.0803. The molecule has 0 aliphatic carbocycles. The van der Waals surface area contributed by atoms with Crippen LogP contribution in [-0.2, 0) is 15.7 Å². The third-order valence-electron chi connectivity index (χ3n) is 2.54. The van der Waals surface area contributed by atoms with Crippen molar-refractivity contribution in [2.45, 2.75) is 26.1 Å². The number of hydrogen-bond donors (Lipinski definition) is 1. The summed E-state index contributed by atoms with van der Waals surface area (Å²) in [5.74, 6) is -3.57. The van der Waals surface area contributed by atoms with Crippen molar-refractivity contribution in [3.8, 4) is 0 Å². The Morgan fingerprint density at radius 3 is 2.48 bits per heavy atom. The molecule has 4 nitrogen and oxygen atoms in total. The van der Waals surface area contributed by atoms with Crippen LogP contribution in [0.3, 0.4) is 0 Å². The number of amides is 1. The van der Waals surface area contributed by atoms with Crippen molar-refractivity contribution < 1.29 is 31.9 Å². The fourth-order valence-corrected chi connectivity index (χ4v) is 1.53. The first kappa shape index (κ1) is 16.9. The molecule has 0 fully saturated rings. The maximum absolute atomic E-state index is 13.7. The van der Waals surface area contributed by atoms with E-state index in [1.807, 2.05) is 0 Å². The normalized spacial score (nSPS) is 12.7. The van der Waals surface area contributed by atoms with E-state index < -0.39 is 41.0 Å². The minimum atomic E-state index is -4.91. The second-order valence-electron chi connectivity index (χ2n) is 4.11.